The van der Waals surface area contributed by atoms with Crippen molar-refractivity contribution in [3.8, 4) is 0 Å². The summed E-state index contributed by atoms with van der Waals surface area (Å²) in [5, 5.41) is 3.54. The Hall–Kier alpha value is -2.51. The molecule has 6 nitrogen and oxygen atoms in total. The minimum Gasteiger partial charge on any atom is -0.324 e. The van der Waals surface area contributed by atoms with Gasteiger partial charge in [-0.05, 0) is 59.0 Å². The molecule has 3 rings (SSSR count). The Morgan fingerprint density at radius 2 is 1.93 bits per heavy atom. The molecular formula is C21H26N4O2S. The summed E-state index contributed by atoms with van der Waals surface area (Å²) in [4.78, 5) is 34.4. The average Bonchev–Trinajstić information content (AvgIpc) is 2.87. The second kappa shape index (κ2) is 7.85. The Balaban J connectivity index is 2.00. The molecule has 0 fully saturated rings. The van der Waals surface area contributed by atoms with Crippen LogP contribution in [0.1, 0.15) is 27.4 Å². The fraction of sp³-hybridized carbons (Fsp3) is 0.381. The highest BCUT2D eigenvalue weighted by Gasteiger charge is 2.19. The predicted octanol–water partition coefficient (Wildman–Crippen LogP) is 3.39. The quantitative estimate of drug-likeness (QED) is 0.715. The number of anilines is 1. The molecule has 0 unspecified atom stereocenters. The van der Waals surface area contributed by atoms with Gasteiger partial charge < -0.3 is 10.2 Å². The maximum absolute atomic E-state index is 13.2. The highest BCUT2D eigenvalue weighted by molar-refractivity contribution is 7.18. The van der Waals surface area contributed by atoms with Crippen molar-refractivity contribution in [1.29, 1.82) is 0 Å². The fourth-order valence-corrected chi connectivity index (χ4v) is 4.26. The van der Waals surface area contributed by atoms with Crippen LogP contribution in [0.2, 0.25) is 0 Å². The van der Waals surface area contributed by atoms with E-state index < -0.39 is 0 Å². The van der Waals surface area contributed by atoms with Gasteiger partial charge >= 0.3 is 0 Å². The summed E-state index contributed by atoms with van der Waals surface area (Å²) < 4.78 is 1.50. The van der Waals surface area contributed by atoms with Crippen LogP contribution in [0.5, 0.6) is 0 Å². The van der Waals surface area contributed by atoms with Crippen LogP contribution in [0, 0.1) is 27.7 Å². The van der Waals surface area contributed by atoms with E-state index in [0.29, 0.717) is 17.8 Å². The van der Waals surface area contributed by atoms with Gasteiger partial charge in [-0.15, -0.1) is 11.3 Å². The molecule has 148 valence electrons. The molecule has 1 N–H and O–H groups in total. The van der Waals surface area contributed by atoms with E-state index in [0.717, 1.165) is 32.1 Å². The number of rotatable bonds is 5. The maximum atomic E-state index is 13.2. The van der Waals surface area contributed by atoms with Gasteiger partial charge in [0.15, 0.2) is 0 Å². The number of fused-ring (bicyclic) bond motifs is 1. The first-order valence-corrected chi connectivity index (χ1v) is 10.00. The van der Waals surface area contributed by atoms with Crippen molar-refractivity contribution in [3.63, 3.8) is 0 Å². The average molecular weight is 399 g/mol. The van der Waals surface area contributed by atoms with Gasteiger partial charge in [-0.3, -0.25) is 14.2 Å². The van der Waals surface area contributed by atoms with Crippen molar-refractivity contribution in [3.05, 3.63) is 55.9 Å². The first-order valence-electron chi connectivity index (χ1n) is 9.18. The van der Waals surface area contributed by atoms with E-state index >= 15 is 0 Å². The van der Waals surface area contributed by atoms with Crippen LogP contribution in [-0.4, -0.2) is 34.5 Å². The molecule has 7 heteroatoms. The number of thiophene rings is 1. The van der Waals surface area contributed by atoms with Crippen LogP contribution < -0.4 is 10.9 Å². The van der Waals surface area contributed by atoms with Crippen molar-refractivity contribution < 1.29 is 4.79 Å². The third kappa shape index (κ3) is 4.00. The minimum absolute atomic E-state index is 0.0629. The summed E-state index contributed by atoms with van der Waals surface area (Å²) in [5.74, 6) is 0.361. The fourth-order valence-electron chi connectivity index (χ4n) is 3.22. The van der Waals surface area contributed by atoms with Gasteiger partial charge in [-0.1, -0.05) is 17.7 Å². The highest BCUT2D eigenvalue weighted by atomic mass is 32.1. The summed E-state index contributed by atoms with van der Waals surface area (Å²) in [6.07, 6.45) is 0. The van der Waals surface area contributed by atoms with E-state index in [9.17, 15) is 9.59 Å². The van der Waals surface area contributed by atoms with Crippen molar-refractivity contribution in [1.82, 2.24) is 14.5 Å². The molecule has 0 saturated heterocycles. The lowest BCUT2D eigenvalue weighted by atomic mass is 10.1. The number of carbonyl (C=O) groups is 1. The first kappa shape index (κ1) is 20.2. The standard InChI is InChI=1S/C21H26N4O2S/c1-12-7-8-16(13(2)9-12)22-18(26)11-25-17(10-24(5)6)23-20-19(21(25)27)14(3)15(4)28-20/h7-9H,10-11H2,1-6H3,(H,22,26). The highest BCUT2D eigenvalue weighted by Crippen LogP contribution is 2.26. The number of hydrogen-bond acceptors (Lipinski definition) is 5. The smallest absolute Gasteiger partial charge is 0.263 e. The van der Waals surface area contributed by atoms with Crippen molar-refractivity contribution >= 4 is 33.1 Å². The van der Waals surface area contributed by atoms with E-state index in [1.807, 2.05) is 64.9 Å². The minimum atomic E-state index is -0.236. The van der Waals surface area contributed by atoms with Crippen molar-refractivity contribution in [2.24, 2.45) is 0 Å². The third-order valence-electron chi connectivity index (χ3n) is 4.78. The lowest BCUT2D eigenvalue weighted by molar-refractivity contribution is -0.116. The van der Waals surface area contributed by atoms with Gasteiger partial charge in [0, 0.05) is 10.6 Å². The zero-order valence-electron chi connectivity index (χ0n) is 17.2. The first-order chi connectivity index (χ1) is 13.2. The van der Waals surface area contributed by atoms with Gasteiger partial charge in [0.2, 0.25) is 5.91 Å². The van der Waals surface area contributed by atoms with E-state index in [1.54, 1.807) is 0 Å². The van der Waals surface area contributed by atoms with Crippen LogP contribution in [0.4, 0.5) is 5.69 Å². The zero-order chi connectivity index (χ0) is 20.6. The Labute approximate surface area is 168 Å². The summed E-state index contributed by atoms with van der Waals surface area (Å²) in [5.41, 5.74) is 3.68. The molecule has 1 aromatic carbocycles. The Bertz CT molecular complexity index is 1110. The second-order valence-corrected chi connectivity index (χ2v) is 8.69. The second-order valence-electron chi connectivity index (χ2n) is 7.49. The molecule has 1 amide bonds. The largest absolute Gasteiger partial charge is 0.324 e. The molecular weight excluding hydrogens is 372 g/mol. The number of aromatic nitrogens is 2. The number of aryl methyl sites for hydroxylation is 4. The molecule has 0 radical (unpaired) electrons. The van der Waals surface area contributed by atoms with Gasteiger partial charge in [0.1, 0.15) is 17.2 Å². The number of benzene rings is 1. The predicted molar refractivity (Wildman–Crippen MR) is 115 cm³/mol. The topological polar surface area (TPSA) is 67.2 Å². The molecule has 0 aliphatic rings. The van der Waals surface area contributed by atoms with Gasteiger partial charge in [0.05, 0.1) is 11.9 Å². The number of hydrogen-bond donors (Lipinski definition) is 1. The van der Waals surface area contributed by atoms with Crippen LogP contribution in [-0.2, 0) is 17.9 Å². The van der Waals surface area contributed by atoms with Gasteiger partial charge in [0.25, 0.3) is 5.56 Å². The summed E-state index contributed by atoms with van der Waals surface area (Å²) in [6.45, 7) is 8.31. The Morgan fingerprint density at radius 1 is 1.21 bits per heavy atom. The van der Waals surface area contributed by atoms with Crippen LogP contribution in [0.3, 0.4) is 0 Å². The van der Waals surface area contributed by atoms with Gasteiger partial charge in [-0.2, -0.15) is 0 Å². The number of nitrogens with zero attached hydrogens (tertiary/aromatic N) is 3. The lowest BCUT2D eigenvalue weighted by Crippen LogP contribution is -2.33. The molecule has 0 aliphatic carbocycles. The molecule has 0 saturated carbocycles. The van der Waals surface area contributed by atoms with Crippen molar-refractivity contribution in [2.75, 3.05) is 19.4 Å². The molecule has 3 aromatic rings. The summed E-state index contributed by atoms with van der Waals surface area (Å²) in [7, 11) is 3.84. The SMILES string of the molecule is Cc1ccc(NC(=O)Cn2c(CN(C)C)nc3sc(C)c(C)c3c2=O)c(C)c1. The molecule has 2 aromatic heterocycles. The maximum Gasteiger partial charge on any atom is 0.263 e. The molecule has 0 bridgehead atoms. The normalized spacial score (nSPS) is 11.4. The van der Waals surface area contributed by atoms with E-state index in [4.69, 9.17) is 4.98 Å². The monoisotopic (exact) mass is 398 g/mol. The molecule has 0 aliphatic heterocycles. The van der Waals surface area contributed by atoms with Crippen LogP contribution in [0.25, 0.3) is 10.2 Å². The molecule has 28 heavy (non-hydrogen) atoms. The van der Waals surface area contributed by atoms with E-state index in [2.05, 4.69) is 5.32 Å². The van der Waals surface area contributed by atoms with E-state index in [1.165, 1.54) is 15.9 Å². The van der Waals surface area contributed by atoms with Crippen LogP contribution in [0.15, 0.2) is 23.0 Å². The third-order valence-corrected chi connectivity index (χ3v) is 5.88. The van der Waals surface area contributed by atoms with Gasteiger partial charge in [-0.25, -0.2) is 4.98 Å². The lowest BCUT2D eigenvalue weighted by Gasteiger charge is -2.16. The Morgan fingerprint density at radius 3 is 2.57 bits per heavy atom. The number of nitrogens with one attached hydrogen (secondary N) is 1. The molecule has 0 atom stereocenters. The summed E-state index contributed by atoms with van der Waals surface area (Å²) >= 11 is 1.52. The van der Waals surface area contributed by atoms with Crippen LogP contribution >= 0.6 is 11.3 Å². The summed E-state index contributed by atoms with van der Waals surface area (Å²) in [6, 6.07) is 5.86. The van der Waals surface area contributed by atoms with E-state index in [-0.39, 0.29) is 18.0 Å². The van der Waals surface area contributed by atoms with Crippen molar-refractivity contribution in [2.45, 2.75) is 40.8 Å². The molecule has 0 spiro atoms. The number of amides is 1. The molecule has 2 heterocycles. The number of carbonyl (C=O) groups excluding carboxylic acids is 1. The zero-order valence-corrected chi connectivity index (χ0v) is 18.0. The Kier molecular flexibility index (Phi) is 5.67.